The number of rotatable bonds is 5. The number of amides is 1. The van der Waals surface area contributed by atoms with Crippen molar-refractivity contribution in [2.45, 2.75) is 6.18 Å². The van der Waals surface area contributed by atoms with Crippen molar-refractivity contribution >= 4 is 34.9 Å². The fourth-order valence-electron chi connectivity index (χ4n) is 2.85. The van der Waals surface area contributed by atoms with Crippen molar-refractivity contribution in [3.05, 3.63) is 93.5 Å². The minimum absolute atomic E-state index is 0. The minimum Gasteiger partial charge on any atom is -0.545 e. The molecule has 6 nitrogen and oxygen atoms in total. The molecule has 0 saturated heterocycles. The maximum atomic E-state index is 14.4. The van der Waals surface area contributed by atoms with Crippen LogP contribution in [0.25, 0.3) is 0 Å². The largest absolute Gasteiger partial charge is 1.00 e. The van der Waals surface area contributed by atoms with E-state index in [4.69, 9.17) is 17.0 Å². The van der Waals surface area contributed by atoms with E-state index in [-0.39, 0.29) is 46.5 Å². The van der Waals surface area contributed by atoms with Gasteiger partial charge in [0.15, 0.2) is 0 Å². The average Bonchev–Trinajstić information content (AvgIpc) is 2.72. The molecular weight excluding hydrogens is 477 g/mol. The van der Waals surface area contributed by atoms with Crippen LogP contribution in [0.15, 0.2) is 54.7 Å². The second-order valence-electron chi connectivity index (χ2n) is 6.37. The molecule has 1 heterocycles. The van der Waals surface area contributed by atoms with Crippen LogP contribution in [0.1, 0.15) is 37.5 Å². The molecule has 12 heteroatoms. The molecule has 0 saturated carbocycles. The summed E-state index contributed by atoms with van der Waals surface area (Å²) in [5, 5.41) is 20.9. The molecule has 1 amide bonds. The van der Waals surface area contributed by atoms with E-state index in [1.54, 1.807) is 0 Å². The molecule has 164 valence electrons. The first-order valence-corrected chi connectivity index (χ1v) is 9.10. The van der Waals surface area contributed by atoms with Gasteiger partial charge < -0.3 is 15.2 Å². The first-order valence-electron chi connectivity index (χ1n) is 8.73. The number of alkyl halides is 3. The van der Waals surface area contributed by atoms with Crippen molar-refractivity contribution < 1.29 is 61.8 Å². The Bertz CT molecular complexity index is 1250. The van der Waals surface area contributed by atoms with E-state index >= 15 is 0 Å². The maximum absolute atomic E-state index is 14.4. The van der Waals surface area contributed by atoms with E-state index in [0.717, 1.165) is 24.3 Å². The molecule has 0 aliphatic heterocycles. The zero-order chi connectivity index (χ0) is 23.6. The van der Waals surface area contributed by atoms with Gasteiger partial charge in [0.05, 0.1) is 33.5 Å². The number of carbonyl (C=O) groups excluding carboxylic acids is 2. The number of anilines is 1. The smallest absolute Gasteiger partial charge is 0.545 e. The summed E-state index contributed by atoms with van der Waals surface area (Å²) in [6, 6.07) is 8.15. The molecule has 33 heavy (non-hydrogen) atoms. The Labute approximate surface area is 211 Å². The molecule has 3 aromatic rings. The summed E-state index contributed by atoms with van der Waals surface area (Å²) < 4.78 is 54.3. The van der Waals surface area contributed by atoms with Gasteiger partial charge in [-0.25, -0.2) is 4.39 Å². The first-order chi connectivity index (χ1) is 15.0. The number of aromatic nitrogens is 1. The molecule has 3 rings (SSSR count). The van der Waals surface area contributed by atoms with E-state index in [1.165, 1.54) is 18.3 Å². The number of benzene rings is 2. The molecule has 0 aliphatic carbocycles. The zero-order valence-corrected chi connectivity index (χ0v) is 19.5. The number of pyridine rings is 1. The topological polar surface area (TPSA) is 106 Å². The monoisotopic (exact) mass is 487 g/mol. The third kappa shape index (κ3) is 5.77. The van der Waals surface area contributed by atoms with E-state index in [2.05, 4.69) is 10.3 Å². The van der Waals surface area contributed by atoms with Crippen molar-refractivity contribution in [1.29, 1.82) is 5.41 Å². The number of hydrogen-bond acceptors (Lipinski definition) is 5. The van der Waals surface area contributed by atoms with Crippen molar-refractivity contribution in [3.63, 3.8) is 0 Å². The first kappa shape index (κ1) is 26.5. The number of nitrogens with one attached hydrogen (secondary N) is 2. The van der Waals surface area contributed by atoms with Crippen LogP contribution in [0, 0.1) is 11.2 Å². The Morgan fingerprint density at radius 2 is 1.79 bits per heavy atom. The molecular formula is C21H11ClF4N3NaO3. The number of carboxylic acid groups (broad SMARTS) is 1. The zero-order valence-electron chi connectivity index (χ0n) is 16.8. The van der Waals surface area contributed by atoms with Crippen LogP contribution in [-0.4, -0.2) is 22.6 Å². The summed E-state index contributed by atoms with van der Waals surface area (Å²) in [4.78, 5) is 27.4. The summed E-state index contributed by atoms with van der Waals surface area (Å²) >= 11 is 5.83. The molecule has 1 aromatic heterocycles. The Morgan fingerprint density at radius 3 is 2.39 bits per heavy atom. The van der Waals surface area contributed by atoms with Crippen LogP contribution in [0.2, 0.25) is 5.02 Å². The van der Waals surface area contributed by atoms with Gasteiger partial charge in [-0.3, -0.25) is 15.2 Å². The van der Waals surface area contributed by atoms with E-state index in [0.29, 0.717) is 12.1 Å². The quantitative estimate of drug-likeness (QED) is 0.317. The molecule has 0 spiro atoms. The van der Waals surface area contributed by atoms with Crippen LogP contribution in [0.5, 0.6) is 0 Å². The van der Waals surface area contributed by atoms with Crippen LogP contribution >= 0.6 is 11.6 Å². The number of carbonyl (C=O) groups is 2. The molecule has 0 aliphatic rings. The van der Waals surface area contributed by atoms with Crippen LogP contribution in [-0.2, 0) is 6.18 Å². The summed E-state index contributed by atoms with van der Waals surface area (Å²) in [6.07, 6.45) is -3.63. The predicted octanol–water partition coefficient (Wildman–Crippen LogP) is 0.929. The van der Waals surface area contributed by atoms with Gasteiger partial charge >= 0.3 is 35.7 Å². The number of hydrogen-bond donors (Lipinski definition) is 2. The number of halogens is 5. The van der Waals surface area contributed by atoms with E-state index in [1.807, 2.05) is 0 Å². The molecule has 0 unspecified atom stereocenters. The molecule has 0 bridgehead atoms. The van der Waals surface area contributed by atoms with Gasteiger partial charge in [0.2, 0.25) is 0 Å². The van der Waals surface area contributed by atoms with Gasteiger partial charge in [-0.05, 0) is 36.4 Å². The Balaban J connectivity index is 0.00000385. The number of aromatic carboxylic acids is 1. The summed E-state index contributed by atoms with van der Waals surface area (Å²) in [5.74, 6) is -3.89. The molecule has 2 aromatic carbocycles. The van der Waals surface area contributed by atoms with Gasteiger partial charge in [0.25, 0.3) is 5.91 Å². The summed E-state index contributed by atoms with van der Waals surface area (Å²) in [7, 11) is 0. The Morgan fingerprint density at radius 1 is 1.09 bits per heavy atom. The standard InChI is InChI=1S/C21H12ClF4N3O3.Na/c22-13-4-1-3-12(21(24,25)26)16(13)19(30)29-15-5-2-8-28-18(15)17(27)11-7-6-10(20(31)32)9-14(11)23;/h1-9,27H,(H,29,30)(H,31,32);/q;+1/p-1. The average molecular weight is 488 g/mol. The number of carboxylic acids is 1. The van der Waals surface area contributed by atoms with E-state index in [9.17, 15) is 32.3 Å². The fourth-order valence-corrected chi connectivity index (χ4v) is 3.11. The Hall–Kier alpha value is -2.79. The molecule has 0 radical (unpaired) electrons. The molecule has 0 fully saturated rings. The van der Waals surface area contributed by atoms with Crippen LogP contribution in [0.4, 0.5) is 23.2 Å². The van der Waals surface area contributed by atoms with Gasteiger partial charge in [0, 0.05) is 17.3 Å². The number of nitrogens with zero attached hydrogens (tertiary/aromatic N) is 1. The van der Waals surface area contributed by atoms with Crippen molar-refractivity contribution in [3.8, 4) is 0 Å². The molecule has 0 atom stereocenters. The van der Waals surface area contributed by atoms with E-state index < -0.39 is 51.3 Å². The van der Waals surface area contributed by atoms with Crippen LogP contribution in [0.3, 0.4) is 0 Å². The van der Waals surface area contributed by atoms with Gasteiger partial charge in [-0.1, -0.05) is 23.7 Å². The third-order valence-electron chi connectivity index (χ3n) is 4.31. The minimum atomic E-state index is -4.86. The van der Waals surface area contributed by atoms with Crippen molar-refractivity contribution in [2.24, 2.45) is 0 Å². The third-order valence-corrected chi connectivity index (χ3v) is 4.63. The van der Waals surface area contributed by atoms with Gasteiger partial charge in [-0.2, -0.15) is 13.2 Å². The fraction of sp³-hybridized carbons (Fsp3) is 0.0476. The predicted molar refractivity (Wildman–Crippen MR) is 105 cm³/mol. The SMILES string of the molecule is N=C(c1ccc(C(=O)[O-])cc1F)c1ncccc1NC(=O)c1c(Cl)cccc1C(F)(F)F.[Na+]. The van der Waals surface area contributed by atoms with Gasteiger partial charge in [-0.15, -0.1) is 0 Å². The van der Waals surface area contributed by atoms with Crippen LogP contribution < -0.4 is 40.0 Å². The second kappa shape index (κ2) is 10.4. The normalized spacial score (nSPS) is 10.8. The summed E-state index contributed by atoms with van der Waals surface area (Å²) in [6.45, 7) is 0. The van der Waals surface area contributed by atoms with Crippen molar-refractivity contribution in [2.75, 3.05) is 5.32 Å². The maximum Gasteiger partial charge on any atom is 1.00 e. The summed E-state index contributed by atoms with van der Waals surface area (Å²) in [5.41, 5.74) is -3.87. The molecule has 2 N–H and O–H groups in total. The van der Waals surface area contributed by atoms with Gasteiger partial charge in [0.1, 0.15) is 11.5 Å². The second-order valence-corrected chi connectivity index (χ2v) is 6.78. The van der Waals surface area contributed by atoms with Crippen molar-refractivity contribution in [1.82, 2.24) is 4.98 Å². The Kier molecular flexibility index (Phi) is 8.36.